The Morgan fingerprint density at radius 2 is 1.75 bits per heavy atom. The number of aryl methyl sites for hydroxylation is 1. The number of nitrogens with one attached hydrogen (secondary N) is 1. The van der Waals surface area contributed by atoms with Crippen LogP contribution < -0.4 is 10.5 Å². The Morgan fingerprint density at radius 3 is 2.50 bits per heavy atom. The van der Waals surface area contributed by atoms with Crippen LogP contribution in [0.15, 0.2) is 42.5 Å². The van der Waals surface area contributed by atoms with Crippen LogP contribution in [0.1, 0.15) is 29.5 Å². The quantitative estimate of drug-likeness (QED) is 0.658. The van der Waals surface area contributed by atoms with E-state index in [4.69, 9.17) is 15.9 Å². The van der Waals surface area contributed by atoms with Crippen LogP contribution in [0.2, 0.25) is 0 Å². The third-order valence-electron chi connectivity index (χ3n) is 3.75. The molecule has 3 nitrogen and oxygen atoms in total. The van der Waals surface area contributed by atoms with Crippen molar-refractivity contribution >= 4 is 5.84 Å². The van der Waals surface area contributed by atoms with Gasteiger partial charge in [-0.2, -0.15) is 0 Å². The molecule has 2 aromatic carbocycles. The van der Waals surface area contributed by atoms with Crippen LogP contribution in [-0.4, -0.2) is 5.84 Å². The van der Waals surface area contributed by atoms with Crippen molar-refractivity contribution in [3.05, 3.63) is 59.2 Å². The lowest BCUT2D eigenvalue weighted by Gasteiger charge is -2.19. The van der Waals surface area contributed by atoms with Gasteiger partial charge in [-0.25, -0.2) is 0 Å². The van der Waals surface area contributed by atoms with E-state index in [-0.39, 0.29) is 5.84 Å². The largest absolute Gasteiger partial charge is 0.457 e. The first-order chi connectivity index (χ1) is 9.74. The van der Waals surface area contributed by atoms with Crippen molar-refractivity contribution in [3.63, 3.8) is 0 Å². The van der Waals surface area contributed by atoms with E-state index in [1.54, 1.807) is 0 Å². The highest BCUT2D eigenvalue weighted by atomic mass is 16.5. The van der Waals surface area contributed by atoms with Crippen LogP contribution in [0.3, 0.4) is 0 Å². The monoisotopic (exact) mass is 266 g/mol. The Labute approximate surface area is 118 Å². The van der Waals surface area contributed by atoms with Crippen molar-refractivity contribution in [1.82, 2.24) is 0 Å². The van der Waals surface area contributed by atoms with E-state index in [2.05, 4.69) is 12.1 Å². The minimum absolute atomic E-state index is 0.0774. The Hall–Kier alpha value is -2.29. The molecular weight excluding hydrogens is 248 g/mol. The summed E-state index contributed by atoms with van der Waals surface area (Å²) in [5.41, 5.74) is 8.92. The van der Waals surface area contributed by atoms with Crippen LogP contribution in [-0.2, 0) is 12.8 Å². The molecule has 0 spiro atoms. The lowest BCUT2D eigenvalue weighted by atomic mass is 9.91. The molecule has 0 aromatic heterocycles. The average molecular weight is 266 g/mol. The van der Waals surface area contributed by atoms with Crippen molar-refractivity contribution in [2.45, 2.75) is 25.7 Å². The first-order valence-electron chi connectivity index (χ1n) is 6.97. The van der Waals surface area contributed by atoms with Crippen molar-refractivity contribution in [1.29, 1.82) is 5.41 Å². The summed E-state index contributed by atoms with van der Waals surface area (Å²) in [6, 6.07) is 13.6. The molecule has 0 bridgehead atoms. The molecule has 3 rings (SSSR count). The molecular formula is C17H18N2O. The topological polar surface area (TPSA) is 59.1 Å². The minimum atomic E-state index is 0.0774. The number of benzene rings is 2. The molecule has 0 heterocycles. The number of hydrogen-bond donors (Lipinski definition) is 2. The van der Waals surface area contributed by atoms with Crippen LogP contribution in [0.25, 0.3) is 0 Å². The number of fused-ring (bicyclic) bond motifs is 1. The van der Waals surface area contributed by atoms with Gasteiger partial charge in [0.05, 0.1) is 0 Å². The molecule has 102 valence electrons. The molecule has 0 amide bonds. The zero-order valence-corrected chi connectivity index (χ0v) is 11.4. The van der Waals surface area contributed by atoms with Crippen LogP contribution in [0, 0.1) is 5.41 Å². The molecule has 2 aromatic rings. The molecule has 0 aliphatic heterocycles. The maximum Gasteiger partial charge on any atom is 0.130 e. The van der Waals surface area contributed by atoms with E-state index in [1.807, 2.05) is 30.3 Å². The van der Waals surface area contributed by atoms with Crippen LogP contribution in [0.5, 0.6) is 11.5 Å². The number of nitrogen functional groups attached to an aromatic ring is 1. The van der Waals surface area contributed by atoms with Crippen LogP contribution >= 0.6 is 0 Å². The maximum atomic E-state index is 7.39. The summed E-state index contributed by atoms with van der Waals surface area (Å²) >= 11 is 0. The second kappa shape index (κ2) is 5.37. The highest BCUT2D eigenvalue weighted by Gasteiger charge is 2.14. The molecule has 20 heavy (non-hydrogen) atoms. The summed E-state index contributed by atoms with van der Waals surface area (Å²) in [5.74, 6) is 1.82. The molecule has 0 saturated carbocycles. The molecule has 3 heteroatoms. The first-order valence-corrected chi connectivity index (χ1v) is 6.97. The van der Waals surface area contributed by atoms with E-state index in [0.29, 0.717) is 5.56 Å². The molecule has 1 aliphatic rings. The summed E-state index contributed by atoms with van der Waals surface area (Å²) in [4.78, 5) is 0. The zero-order valence-electron chi connectivity index (χ0n) is 11.4. The SMILES string of the molecule is N=C(N)c1ccc(Oc2cccc3c2CCCC3)cc1. The number of rotatable bonds is 3. The fourth-order valence-corrected chi connectivity index (χ4v) is 2.67. The van der Waals surface area contributed by atoms with Crippen LogP contribution in [0.4, 0.5) is 0 Å². The number of hydrogen-bond acceptors (Lipinski definition) is 2. The highest BCUT2D eigenvalue weighted by molar-refractivity contribution is 5.94. The smallest absolute Gasteiger partial charge is 0.130 e. The molecule has 3 N–H and O–H groups in total. The Bertz CT molecular complexity index is 632. The Morgan fingerprint density at radius 1 is 1.00 bits per heavy atom. The average Bonchev–Trinajstić information content (AvgIpc) is 2.48. The summed E-state index contributed by atoms with van der Waals surface area (Å²) in [6.07, 6.45) is 4.74. The van der Waals surface area contributed by atoms with E-state index < -0.39 is 0 Å². The van der Waals surface area contributed by atoms with E-state index in [0.717, 1.165) is 24.3 Å². The van der Waals surface area contributed by atoms with E-state index >= 15 is 0 Å². The zero-order chi connectivity index (χ0) is 13.9. The molecule has 0 saturated heterocycles. The van der Waals surface area contributed by atoms with Gasteiger partial charge in [-0.1, -0.05) is 12.1 Å². The lowest BCUT2D eigenvalue weighted by Crippen LogP contribution is -2.10. The van der Waals surface area contributed by atoms with Gasteiger partial charge in [-0.3, -0.25) is 5.41 Å². The highest BCUT2D eigenvalue weighted by Crippen LogP contribution is 2.32. The number of ether oxygens (including phenoxy) is 1. The third kappa shape index (κ3) is 2.52. The second-order valence-corrected chi connectivity index (χ2v) is 5.14. The molecule has 1 aliphatic carbocycles. The van der Waals surface area contributed by atoms with Gasteiger partial charge in [-0.15, -0.1) is 0 Å². The normalized spacial score (nSPS) is 13.6. The second-order valence-electron chi connectivity index (χ2n) is 5.14. The summed E-state index contributed by atoms with van der Waals surface area (Å²) in [6.45, 7) is 0. The number of amidine groups is 1. The predicted octanol–water partition coefficient (Wildman–Crippen LogP) is 3.64. The summed E-state index contributed by atoms with van der Waals surface area (Å²) in [7, 11) is 0. The first kappa shape index (κ1) is 12.7. The lowest BCUT2D eigenvalue weighted by molar-refractivity contribution is 0.470. The molecule has 0 fully saturated rings. The maximum absolute atomic E-state index is 7.39. The minimum Gasteiger partial charge on any atom is -0.457 e. The van der Waals surface area contributed by atoms with Gasteiger partial charge in [0.2, 0.25) is 0 Å². The molecule has 0 radical (unpaired) electrons. The van der Waals surface area contributed by atoms with Crippen molar-refractivity contribution in [2.24, 2.45) is 5.73 Å². The predicted molar refractivity (Wildman–Crippen MR) is 80.6 cm³/mol. The van der Waals surface area contributed by atoms with Crippen molar-refractivity contribution in [2.75, 3.05) is 0 Å². The standard InChI is InChI=1S/C17H18N2O/c18-17(19)13-8-10-14(11-9-13)20-16-7-3-5-12-4-1-2-6-15(12)16/h3,5,7-11H,1-2,4,6H2,(H3,18,19). The van der Waals surface area contributed by atoms with Gasteiger partial charge in [0.15, 0.2) is 0 Å². The summed E-state index contributed by atoms with van der Waals surface area (Å²) in [5, 5.41) is 7.39. The Kier molecular flexibility index (Phi) is 3.42. The van der Waals surface area contributed by atoms with E-state index in [1.165, 1.54) is 24.0 Å². The van der Waals surface area contributed by atoms with Gasteiger partial charge >= 0.3 is 0 Å². The Balaban J connectivity index is 1.86. The summed E-state index contributed by atoms with van der Waals surface area (Å²) < 4.78 is 6.00. The van der Waals surface area contributed by atoms with Gasteiger partial charge in [0.1, 0.15) is 17.3 Å². The van der Waals surface area contributed by atoms with Crippen molar-refractivity contribution < 1.29 is 4.74 Å². The van der Waals surface area contributed by atoms with Crippen molar-refractivity contribution in [3.8, 4) is 11.5 Å². The molecule has 0 unspecified atom stereocenters. The van der Waals surface area contributed by atoms with E-state index in [9.17, 15) is 0 Å². The fourth-order valence-electron chi connectivity index (χ4n) is 2.67. The van der Waals surface area contributed by atoms with Gasteiger partial charge in [-0.05, 0) is 67.1 Å². The van der Waals surface area contributed by atoms with Gasteiger partial charge < -0.3 is 10.5 Å². The molecule has 0 atom stereocenters. The van der Waals surface area contributed by atoms with Gasteiger partial charge in [0, 0.05) is 5.56 Å². The third-order valence-corrected chi connectivity index (χ3v) is 3.75. The fraction of sp³-hybridized carbons (Fsp3) is 0.235. The number of nitrogens with two attached hydrogens (primary N) is 1. The van der Waals surface area contributed by atoms with Gasteiger partial charge in [0.25, 0.3) is 0 Å².